The Hall–Kier alpha value is -2.34. The van der Waals surface area contributed by atoms with Crippen LogP contribution in [0.15, 0.2) is 52.2 Å². The molecule has 0 radical (unpaired) electrons. The molecule has 2 N–H and O–H groups in total. The number of furan rings is 1. The lowest BCUT2D eigenvalue weighted by molar-refractivity contribution is 0.221. The van der Waals surface area contributed by atoms with E-state index in [1.165, 1.54) is 12.8 Å². The summed E-state index contributed by atoms with van der Waals surface area (Å²) in [7, 11) is 0. The topological polar surface area (TPSA) is 65.7 Å². The highest BCUT2D eigenvalue weighted by Gasteiger charge is 2.25. The van der Waals surface area contributed by atoms with Gasteiger partial charge in [0, 0.05) is 31.4 Å². The third-order valence-corrected chi connectivity index (χ3v) is 4.62. The first-order chi connectivity index (χ1) is 12.9. The van der Waals surface area contributed by atoms with Crippen LogP contribution in [0.4, 0.5) is 0 Å². The highest BCUT2D eigenvalue weighted by Crippen LogP contribution is 2.25. The largest absolute Gasteiger partial charge is 0.468 e. The second kappa shape index (κ2) is 9.97. The van der Waals surface area contributed by atoms with E-state index >= 15 is 0 Å². The third-order valence-electron chi connectivity index (χ3n) is 4.62. The molecule has 0 amide bonds. The van der Waals surface area contributed by atoms with Crippen molar-refractivity contribution in [1.29, 1.82) is 0 Å². The Morgan fingerprint density at radius 2 is 2.12 bits per heavy atom. The van der Waals surface area contributed by atoms with Crippen LogP contribution in [0.1, 0.15) is 37.3 Å². The van der Waals surface area contributed by atoms with Gasteiger partial charge in [-0.15, -0.1) is 0 Å². The van der Waals surface area contributed by atoms with E-state index in [9.17, 15) is 0 Å². The Morgan fingerprint density at radius 3 is 2.81 bits per heavy atom. The summed E-state index contributed by atoms with van der Waals surface area (Å²) in [5, 5.41) is 6.74. The van der Waals surface area contributed by atoms with Crippen molar-refractivity contribution in [3.63, 3.8) is 0 Å². The van der Waals surface area contributed by atoms with Crippen molar-refractivity contribution < 1.29 is 4.42 Å². The number of nitrogens with zero attached hydrogens (tertiary/aromatic N) is 3. The van der Waals surface area contributed by atoms with E-state index < -0.39 is 0 Å². The van der Waals surface area contributed by atoms with Crippen molar-refractivity contribution in [2.75, 3.05) is 32.7 Å². The molecule has 1 fully saturated rings. The molecular formula is C20H29N5O. The summed E-state index contributed by atoms with van der Waals surface area (Å²) in [5.74, 6) is 1.85. The van der Waals surface area contributed by atoms with Gasteiger partial charge in [0.1, 0.15) is 5.76 Å². The SMILES string of the molecule is CCNC(=NCC(c1ccco1)N1CCCC1)NCCc1ccccn1. The average Bonchev–Trinajstić information content (AvgIpc) is 3.37. The quantitative estimate of drug-likeness (QED) is 0.563. The van der Waals surface area contributed by atoms with Gasteiger partial charge in [-0.05, 0) is 57.1 Å². The first-order valence-electron chi connectivity index (χ1n) is 9.56. The van der Waals surface area contributed by atoms with Crippen molar-refractivity contribution >= 4 is 5.96 Å². The molecule has 2 aromatic rings. The van der Waals surface area contributed by atoms with E-state index in [1.807, 2.05) is 30.5 Å². The lowest BCUT2D eigenvalue weighted by atomic mass is 10.2. The molecule has 0 aromatic carbocycles. The Kier molecular flexibility index (Phi) is 7.07. The van der Waals surface area contributed by atoms with Gasteiger partial charge in [-0.3, -0.25) is 14.9 Å². The molecular weight excluding hydrogens is 326 g/mol. The van der Waals surface area contributed by atoms with Gasteiger partial charge >= 0.3 is 0 Å². The minimum absolute atomic E-state index is 0.207. The minimum atomic E-state index is 0.207. The third kappa shape index (κ3) is 5.33. The average molecular weight is 355 g/mol. The van der Waals surface area contributed by atoms with Crippen LogP contribution in [-0.4, -0.2) is 48.6 Å². The summed E-state index contributed by atoms with van der Waals surface area (Å²) in [6, 6.07) is 10.2. The van der Waals surface area contributed by atoms with E-state index in [0.29, 0.717) is 6.54 Å². The normalized spacial score (nSPS) is 16.6. The molecule has 140 valence electrons. The molecule has 3 rings (SSSR count). The summed E-state index contributed by atoms with van der Waals surface area (Å²) < 4.78 is 5.68. The molecule has 1 unspecified atom stereocenters. The van der Waals surface area contributed by atoms with Crippen molar-refractivity contribution in [1.82, 2.24) is 20.5 Å². The first-order valence-corrected chi connectivity index (χ1v) is 9.56. The number of hydrogen-bond donors (Lipinski definition) is 2. The predicted octanol–water partition coefficient (Wildman–Crippen LogP) is 2.61. The number of pyridine rings is 1. The molecule has 6 nitrogen and oxygen atoms in total. The summed E-state index contributed by atoms with van der Waals surface area (Å²) in [6.07, 6.45) is 6.96. The Labute approximate surface area is 155 Å². The summed E-state index contributed by atoms with van der Waals surface area (Å²) >= 11 is 0. The molecule has 3 heterocycles. The van der Waals surface area contributed by atoms with Gasteiger partial charge in [0.15, 0.2) is 5.96 Å². The van der Waals surface area contributed by atoms with Crippen LogP contribution in [0.25, 0.3) is 0 Å². The predicted molar refractivity (Wildman–Crippen MR) is 104 cm³/mol. The zero-order valence-corrected chi connectivity index (χ0v) is 15.5. The first kappa shape index (κ1) is 18.5. The fourth-order valence-electron chi connectivity index (χ4n) is 3.29. The number of aliphatic imine (C=N–C) groups is 1. The molecule has 6 heteroatoms. The van der Waals surface area contributed by atoms with E-state index in [2.05, 4.69) is 33.5 Å². The highest BCUT2D eigenvalue weighted by atomic mass is 16.3. The van der Waals surface area contributed by atoms with Crippen LogP contribution in [0.5, 0.6) is 0 Å². The Balaban J connectivity index is 1.59. The van der Waals surface area contributed by atoms with Crippen LogP contribution in [0, 0.1) is 0 Å². The monoisotopic (exact) mass is 355 g/mol. The van der Waals surface area contributed by atoms with Gasteiger partial charge in [-0.25, -0.2) is 0 Å². The van der Waals surface area contributed by atoms with E-state index in [-0.39, 0.29) is 6.04 Å². The number of rotatable bonds is 8. The van der Waals surface area contributed by atoms with Crippen LogP contribution in [0.3, 0.4) is 0 Å². The highest BCUT2D eigenvalue weighted by molar-refractivity contribution is 5.79. The zero-order valence-electron chi connectivity index (χ0n) is 15.5. The van der Waals surface area contributed by atoms with Gasteiger partial charge < -0.3 is 15.1 Å². The Bertz CT molecular complexity index is 650. The van der Waals surface area contributed by atoms with Crippen molar-refractivity contribution in [2.45, 2.75) is 32.2 Å². The van der Waals surface area contributed by atoms with E-state index in [0.717, 1.165) is 50.0 Å². The van der Waals surface area contributed by atoms with E-state index in [1.54, 1.807) is 6.26 Å². The molecule has 2 aromatic heterocycles. The molecule has 1 atom stereocenters. The smallest absolute Gasteiger partial charge is 0.191 e. The van der Waals surface area contributed by atoms with Crippen molar-refractivity contribution in [2.24, 2.45) is 4.99 Å². The number of nitrogens with one attached hydrogen (secondary N) is 2. The fraction of sp³-hybridized carbons (Fsp3) is 0.500. The van der Waals surface area contributed by atoms with Crippen LogP contribution < -0.4 is 10.6 Å². The summed E-state index contributed by atoms with van der Waals surface area (Å²) in [6.45, 7) is 6.64. The lowest BCUT2D eigenvalue weighted by Gasteiger charge is -2.24. The minimum Gasteiger partial charge on any atom is -0.468 e. The van der Waals surface area contributed by atoms with Gasteiger partial charge in [0.25, 0.3) is 0 Å². The summed E-state index contributed by atoms with van der Waals surface area (Å²) in [4.78, 5) is 11.7. The number of guanidine groups is 1. The van der Waals surface area contributed by atoms with Gasteiger partial charge in [-0.2, -0.15) is 0 Å². The Morgan fingerprint density at radius 1 is 1.23 bits per heavy atom. The number of likely N-dealkylation sites (tertiary alicyclic amines) is 1. The zero-order chi connectivity index (χ0) is 18.0. The summed E-state index contributed by atoms with van der Waals surface area (Å²) in [5.41, 5.74) is 1.08. The number of aromatic nitrogens is 1. The molecule has 0 bridgehead atoms. The number of hydrogen-bond acceptors (Lipinski definition) is 4. The van der Waals surface area contributed by atoms with Crippen molar-refractivity contribution in [3.8, 4) is 0 Å². The molecule has 0 aliphatic carbocycles. The maximum Gasteiger partial charge on any atom is 0.191 e. The van der Waals surface area contributed by atoms with Crippen molar-refractivity contribution in [3.05, 3.63) is 54.2 Å². The van der Waals surface area contributed by atoms with Crippen LogP contribution >= 0.6 is 0 Å². The van der Waals surface area contributed by atoms with Gasteiger partial charge in [0.05, 0.1) is 18.8 Å². The van der Waals surface area contributed by atoms with Crippen LogP contribution in [0.2, 0.25) is 0 Å². The molecule has 1 aliphatic heterocycles. The maximum absolute atomic E-state index is 5.68. The second-order valence-electron chi connectivity index (χ2n) is 6.49. The molecule has 1 saturated heterocycles. The van der Waals surface area contributed by atoms with Crippen LogP contribution in [-0.2, 0) is 6.42 Å². The molecule has 26 heavy (non-hydrogen) atoms. The molecule has 0 saturated carbocycles. The fourth-order valence-corrected chi connectivity index (χ4v) is 3.29. The van der Waals surface area contributed by atoms with Gasteiger partial charge in [-0.1, -0.05) is 6.07 Å². The van der Waals surface area contributed by atoms with Gasteiger partial charge in [0.2, 0.25) is 0 Å². The maximum atomic E-state index is 5.68. The lowest BCUT2D eigenvalue weighted by Crippen LogP contribution is -2.39. The standard InChI is InChI=1S/C20H29N5O/c1-2-21-20(23-12-10-17-8-3-4-11-22-17)24-16-18(19-9-7-15-26-19)25-13-5-6-14-25/h3-4,7-9,11,15,18H,2,5-6,10,12-14,16H2,1H3,(H2,21,23,24). The van der Waals surface area contributed by atoms with E-state index in [4.69, 9.17) is 9.41 Å². The second-order valence-corrected chi connectivity index (χ2v) is 6.49. The molecule has 0 spiro atoms. The molecule has 1 aliphatic rings.